The summed E-state index contributed by atoms with van der Waals surface area (Å²) in [6.45, 7) is 5.51. The summed E-state index contributed by atoms with van der Waals surface area (Å²) in [5.74, 6) is 0.277. The second-order valence-electron chi connectivity index (χ2n) is 7.77. The number of benzene rings is 3. The molecule has 1 aliphatic rings. The minimum atomic E-state index is -3.86. The zero-order chi connectivity index (χ0) is 22.2. The van der Waals surface area contributed by atoms with Crippen LogP contribution in [0.3, 0.4) is 0 Å². The zero-order valence-electron chi connectivity index (χ0n) is 17.6. The first-order chi connectivity index (χ1) is 14.8. The van der Waals surface area contributed by atoms with Crippen LogP contribution in [0.1, 0.15) is 19.4 Å². The van der Waals surface area contributed by atoms with Crippen molar-refractivity contribution in [2.45, 2.75) is 31.8 Å². The second-order valence-corrected chi connectivity index (χ2v) is 9.60. The smallest absolute Gasteiger partial charge is 0.265 e. The second kappa shape index (κ2) is 8.07. The van der Waals surface area contributed by atoms with Gasteiger partial charge in [-0.1, -0.05) is 29.8 Å². The Morgan fingerprint density at radius 3 is 2.42 bits per heavy atom. The molecule has 0 aliphatic carbocycles. The zero-order valence-corrected chi connectivity index (χ0v) is 18.4. The molecular weight excluding hydrogens is 412 g/mol. The van der Waals surface area contributed by atoms with Gasteiger partial charge in [0.15, 0.2) is 0 Å². The van der Waals surface area contributed by atoms with Crippen molar-refractivity contribution in [2.24, 2.45) is 0 Å². The number of nitrogens with one attached hydrogen (secondary N) is 1. The first kappa shape index (κ1) is 20.9. The summed E-state index contributed by atoms with van der Waals surface area (Å²) < 4.78 is 33.4. The third kappa shape index (κ3) is 4.14. The molecule has 31 heavy (non-hydrogen) atoms. The molecule has 0 saturated carbocycles. The normalized spacial score (nSPS) is 14.0. The van der Waals surface area contributed by atoms with E-state index in [1.807, 2.05) is 39.0 Å². The molecule has 1 amide bonds. The van der Waals surface area contributed by atoms with Crippen molar-refractivity contribution in [3.8, 4) is 16.9 Å². The Morgan fingerprint density at radius 2 is 1.71 bits per heavy atom. The van der Waals surface area contributed by atoms with E-state index in [0.717, 1.165) is 11.1 Å². The number of ether oxygens (including phenoxy) is 1. The van der Waals surface area contributed by atoms with E-state index in [1.165, 1.54) is 4.31 Å². The van der Waals surface area contributed by atoms with Gasteiger partial charge in [0.05, 0.1) is 16.7 Å². The molecule has 7 heteroatoms. The summed E-state index contributed by atoms with van der Waals surface area (Å²) >= 11 is 0. The monoisotopic (exact) mass is 436 g/mol. The molecule has 0 fully saturated rings. The lowest BCUT2D eigenvalue weighted by atomic mass is 10.0. The summed E-state index contributed by atoms with van der Waals surface area (Å²) in [6.07, 6.45) is 0.0522. The molecule has 0 unspecified atom stereocenters. The van der Waals surface area contributed by atoms with Crippen molar-refractivity contribution in [3.63, 3.8) is 0 Å². The largest absolute Gasteiger partial charge is 0.491 e. The van der Waals surface area contributed by atoms with E-state index < -0.39 is 15.9 Å². The van der Waals surface area contributed by atoms with Crippen molar-refractivity contribution in [1.82, 2.24) is 0 Å². The fourth-order valence-corrected chi connectivity index (χ4v) is 5.28. The average molecular weight is 437 g/mol. The van der Waals surface area contributed by atoms with Crippen LogP contribution in [0.25, 0.3) is 11.1 Å². The first-order valence-corrected chi connectivity index (χ1v) is 11.5. The number of hydrogen-bond donors (Lipinski definition) is 1. The van der Waals surface area contributed by atoms with Gasteiger partial charge in [0.2, 0.25) is 5.91 Å². The Hall–Kier alpha value is -3.32. The Balaban J connectivity index is 1.61. The Bertz CT molecular complexity index is 1230. The van der Waals surface area contributed by atoms with Crippen LogP contribution in [-0.4, -0.2) is 27.0 Å². The van der Waals surface area contributed by atoms with E-state index >= 15 is 0 Å². The third-order valence-electron chi connectivity index (χ3n) is 4.96. The molecule has 4 rings (SSSR count). The number of anilines is 2. The summed E-state index contributed by atoms with van der Waals surface area (Å²) in [7, 11) is -3.86. The van der Waals surface area contributed by atoms with Gasteiger partial charge in [0.1, 0.15) is 12.3 Å². The van der Waals surface area contributed by atoms with Crippen molar-refractivity contribution in [1.29, 1.82) is 0 Å². The molecule has 0 spiro atoms. The minimum Gasteiger partial charge on any atom is -0.491 e. The van der Waals surface area contributed by atoms with Gasteiger partial charge < -0.3 is 10.1 Å². The minimum absolute atomic E-state index is 0.0522. The fourth-order valence-electron chi connectivity index (χ4n) is 3.64. The molecule has 0 aromatic heterocycles. The highest BCUT2D eigenvalue weighted by Crippen LogP contribution is 2.43. The van der Waals surface area contributed by atoms with Gasteiger partial charge in [-0.05, 0) is 63.2 Å². The van der Waals surface area contributed by atoms with Crippen molar-refractivity contribution in [2.75, 3.05) is 16.2 Å². The van der Waals surface area contributed by atoms with E-state index in [2.05, 4.69) is 5.32 Å². The van der Waals surface area contributed by atoms with Gasteiger partial charge in [0.25, 0.3) is 10.0 Å². The summed E-state index contributed by atoms with van der Waals surface area (Å²) in [4.78, 5) is 13.0. The number of aryl methyl sites for hydroxylation is 1. The first-order valence-electron chi connectivity index (χ1n) is 10.0. The highest BCUT2D eigenvalue weighted by Gasteiger charge is 2.35. The Kier molecular flexibility index (Phi) is 5.45. The molecule has 3 aromatic rings. The highest BCUT2D eigenvalue weighted by atomic mass is 32.2. The van der Waals surface area contributed by atoms with Gasteiger partial charge >= 0.3 is 0 Å². The number of hydrogen-bond acceptors (Lipinski definition) is 4. The van der Waals surface area contributed by atoms with Crippen LogP contribution in [0.5, 0.6) is 5.75 Å². The molecule has 6 nitrogen and oxygen atoms in total. The van der Waals surface area contributed by atoms with Crippen LogP contribution in [0.4, 0.5) is 11.4 Å². The van der Waals surface area contributed by atoms with Crippen LogP contribution in [0, 0.1) is 6.92 Å². The number of sulfonamides is 1. The molecular formula is C24H24N2O4S. The standard InChI is InChI=1S/C24H24N2O4S/c1-16(2)30-19-11-9-18(10-12-19)25-24(27)15-26-22-13-8-17(3)14-21(22)20-6-4-5-7-23(20)31(26,28)29/h4-14,16H,15H2,1-3H3,(H,25,27). The summed E-state index contributed by atoms with van der Waals surface area (Å²) in [5, 5.41) is 2.77. The van der Waals surface area contributed by atoms with Crippen LogP contribution in [0.15, 0.2) is 71.6 Å². The quantitative estimate of drug-likeness (QED) is 0.634. The summed E-state index contributed by atoms with van der Waals surface area (Å²) in [6, 6.07) is 19.4. The van der Waals surface area contributed by atoms with E-state index in [-0.39, 0.29) is 17.5 Å². The maximum absolute atomic E-state index is 13.3. The number of nitrogens with zero attached hydrogens (tertiary/aromatic N) is 1. The van der Waals surface area contributed by atoms with Crippen molar-refractivity contribution < 1.29 is 17.9 Å². The average Bonchev–Trinajstić information content (AvgIpc) is 2.72. The van der Waals surface area contributed by atoms with Gasteiger partial charge in [-0.25, -0.2) is 8.42 Å². The number of rotatable bonds is 5. The molecule has 0 bridgehead atoms. The van der Waals surface area contributed by atoms with E-state index in [0.29, 0.717) is 22.7 Å². The van der Waals surface area contributed by atoms with Crippen LogP contribution >= 0.6 is 0 Å². The number of amides is 1. The maximum Gasteiger partial charge on any atom is 0.265 e. The lowest BCUT2D eigenvalue weighted by Crippen LogP contribution is -2.40. The van der Waals surface area contributed by atoms with Gasteiger partial charge in [-0.15, -0.1) is 0 Å². The van der Waals surface area contributed by atoms with E-state index in [4.69, 9.17) is 4.74 Å². The van der Waals surface area contributed by atoms with Gasteiger partial charge in [0, 0.05) is 16.8 Å². The SMILES string of the molecule is Cc1ccc2c(c1)-c1ccccc1S(=O)(=O)N2CC(=O)Nc1ccc(OC(C)C)cc1. The van der Waals surface area contributed by atoms with Gasteiger partial charge in [-0.2, -0.15) is 0 Å². The van der Waals surface area contributed by atoms with Crippen molar-refractivity contribution in [3.05, 3.63) is 72.3 Å². The molecule has 0 saturated heterocycles. The lowest BCUT2D eigenvalue weighted by molar-refractivity contribution is -0.114. The van der Waals surface area contributed by atoms with E-state index in [1.54, 1.807) is 48.5 Å². The van der Waals surface area contributed by atoms with Crippen molar-refractivity contribution >= 4 is 27.3 Å². The Labute approximate surface area is 182 Å². The molecule has 1 N–H and O–H groups in total. The number of carbonyl (C=O) groups excluding carboxylic acids is 1. The fraction of sp³-hybridized carbons (Fsp3) is 0.208. The predicted molar refractivity (Wildman–Crippen MR) is 122 cm³/mol. The molecule has 0 atom stereocenters. The Morgan fingerprint density at radius 1 is 1.00 bits per heavy atom. The third-order valence-corrected chi connectivity index (χ3v) is 6.78. The van der Waals surface area contributed by atoms with Crippen LogP contribution < -0.4 is 14.4 Å². The highest BCUT2D eigenvalue weighted by molar-refractivity contribution is 7.93. The number of fused-ring (bicyclic) bond motifs is 3. The summed E-state index contributed by atoms with van der Waals surface area (Å²) in [5.41, 5.74) is 3.54. The predicted octanol–water partition coefficient (Wildman–Crippen LogP) is 4.60. The van der Waals surface area contributed by atoms with Gasteiger partial charge in [-0.3, -0.25) is 9.10 Å². The maximum atomic E-state index is 13.3. The molecule has 3 aromatic carbocycles. The topological polar surface area (TPSA) is 75.7 Å². The van der Waals surface area contributed by atoms with E-state index in [9.17, 15) is 13.2 Å². The van der Waals surface area contributed by atoms with Crippen LogP contribution in [-0.2, 0) is 14.8 Å². The lowest BCUT2D eigenvalue weighted by Gasteiger charge is -2.31. The molecule has 0 radical (unpaired) electrons. The van der Waals surface area contributed by atoms with Crippen LogP contribution in [0.2, 0.25) is 0 Å². The number of carbonyl (C=O) groups is 1. The molecule has 1 aliphatic heterocycles. The molecule has 1 heterocycles. The molecule has 160 valence electrons.